The smallest absolute Gasteiger partial charge is 0.224 e. The number of carbonyl (C=O) groups excluding carboxylic acids is 1. The second-order valence-corrected chi connectivity index (χ2v) is 9.57. The van der Waals surface area contributed by atoms with Crippen molar-refractivity contribution in [2.24, 2.45) is 5.92 Å². The summed E-state index contributed by atoms with van der Waals surface area (Å²) in [7, 11) is -3.53. The molecule has 7 heteroatoms. The van der Waals surface area contributed by atoms with Crippen LogP contribution in [0.4, 0.5) is 0 Å². The van der Waals surface area contributed by atoms with Gasteiger partial charge in [0.15, 0.2) is 0 Å². The van der Waals surface area contributed by atoms with E-state index in [1.54, 1.807) is 24.3 Å². The summed E-state index contributed by atoms with van der Waals surface area (Å²) in [6.07, 6.45) is 1.36. The maximum atomic E-state index is 12.8. The van der Waals surface area contributed by atoms with E-state index in [0.29, 0.717) is 36.5 Å². The Bertz CT molecular complexity index is 946. The Morgan fingerprint density at radius 2 is 1.82 bits per heavy atom. The van der Waals surface area contributed by atoms with Crippen molar-refractivity contribution in [3.8, 4) is 0 Å². The Balaban J connectivity index is 1.62. The van der Waals surface area contributed by atoms with Crippen LogP contribution in [0.25, 0.3) is 0 Å². The predicted molar refractivity (Wildman–Crippen MR) is 111 cm³/mol. The van der Waals surface area contributed by atoms with E-state index in [-0.39, 0.29) is 24.1 Å². The quantitative estimate of drug-likeness (QED) is 0.777. The van der Waals surface area contributed by atoms with Crippen LogP contribution in [0.15, 0.2) is 48.5 Å². The molecular weight excluding hydrogens is 396 g/mol. The first-order valence-corrected chi connectivity index (χ1v) is 11.4. The van der Waals surface area contributed by atoms with Crippen LogP contribution in [0.1, 0.15) is 29.5 Å². The average molecular weight is 421 g/mol. The molecule has 1 saturated heterocycles. The summed E-state index contributed by atoms with van der Waals surface area (Å²) in [5.41, 5.74) is 2.76. The number of benzene rings is 2. The third-order valence-electron chi connectivity index (χ3n) is 5.16. The zero-order valence-electron chi connectivity index (χ0n) is 15.9. The fraction of sp³-hybridized carbons (Fsp3) is 0.381. The number of hydrogen-bond donors (Lipinski definition) is 1. The predicted octanol–water partition coefficient (Wildman–Crippen LogP) is 3.51. The molecule has 5 nitrogen and oxygen atoms in total. The van der Waals surface area contributed by atoms with Crippen molar-refractivity contribution in [2.75, 3.05) is 13.1 Å². The summed E-state index contributed by atoms with van der Waals surface area (Å²) in [4.78, 5) is 12.6. The fourth-order valence-corrected chi connectivity index (χ4v) is 5.37. The molecule has 3 rings (SSSR count). The molecule has 0 aromatic heterocycles. The highest BCUT2D eigenvalue weighted by molar-refractivity contribution is 7.88. The van der Waals surface area contributed by atoms with Gasteiger partial charge in [0.25, 0.3) is 0 Å². The van der Waals surface area contributed by atoms with Crippen molar-refractivity contribution in [3.63, 3.8) is 0 Å². The molecule has 2 aromatic rings. The van der Waals surface area contributed by atoms with E-state index >= 15 is 0 Å². The molecule has 1 heterocycles. The molecule has 1 aliphatic heterocycles. The summed E-state index contributed by atoms with van der Waals surface area (Å²) in [6, 6.07) is 14.8. The van der Waals surface area contributed by atoms with Crippen LogP contribution in [-0.2, 0) is 27.1 Å². The van der Waals surface area contributed by atoms with Crippen LogP contribution in [-0.4, -0.2) is 31.7 Å². The van der Waals surface area contributed by atoms with Crippen LogP contribution < -0.4 is 5.32 Å². The van der Waals surface area contributed by atoms with Crippen molar-refractivity contribution in [2.45, 2.75) is 32.1 Å². The standard InChI is InChI=1S/C21H25ClN2O3S/c1-16-7-2-3-8-17(16)13-23-21(25)18-10-6-12-24(14-18)28(26,27)15-19-9-4-5-11-20(19)22/h2-5,7-9,11,18H,6,10,12-15H2,1H3,(H,23,25)/t18-/m0/s1. The monoisotopic (exact) mass is 420 g/mol. The number of sulfonamides is 1. The number of carbonyl (C=O) groups is 1. The van der Waals surface area contributed by atoms with Gasteiger partial charge >= 0.3 is 0 Å². The molecule has 1 fully saturated rings. The Labute approximate surface area is 171 Å². The van der Waals surface area contributed by atoms with Crippen LogP contribution in [0.3, 0.4) is 0 Å². The van der Waals surface area contributed by atoms with Gasteiger partial charge in [-0.15, -0.1) is 0 Å². The second kappa shape index (κ2) is 9.07. The maximum absolute atomic E-state index is 12.8. The number of piperidine rings is 1. The number of aryl methyl sites for hydroxylation is 1. The van der Waals surface area contributed by atoms with Crippen LogP contribution in [0.2, 0.25) is 5.02 Å². The number of halogens is 1. The van der Waals surface area contributed by atoms with Gasteiger partial charge in [0, 0.05) is 24.7 Å². The lowest BCUT2D eigenvalue weighted by molar-refractivity contribution is -0.126. The highest BCUT2D eigenvalue weighted by Gasteiger charge is 2.32. The largest absolute Gasteiger partial charge is 0.352 e. The molecule has 0 saturated carbocycles. The minimum absolute atomic E-state index is 0.0964. The summed E-state index contributed by atoms with van der Waals surface area (Å²) in [5.74, 6) is -0.579. The molecule has 0 unspecified atom stereocenters. The molecule has 1 atom stereocenters. The van der Waals surface area contributed by atoms with Gasteiger partial charge in [-0.1, -0.05) is 54.1 Å². The number of rotatable bonds is 6. The highest BCUT2D eigenvalue weighted by Crippen LogP contribution is 2.24. The normalized spacial score (nSPS) is 18.0. The van der Waals surface area contributed by atoms with Crippen LogP contribution >= 0.6 is 11.6 Å². The van der Waals surface area contributed by atoms with Gasteiger partial charge in [-0.05, 0) is 42.5 Å². The lowest BCUT2D eigenvalue weighted by Gasteiger charge is -2.31. The number of amides is 1. The minimum Gasteiger partial charge on any atom is -0.352 e. The molecule has 0 radical (unpaired) electrons. The highest BCUT2D eigenvalue weighted by atomic mass is 35.5. The van der Waals surface area contributed by atoms with Crippen molar-refractivity contribution in [1.29, 1.82) is 0 Å². The van der Waals surface area contributed by atoms with Gasteiger partial charge in [0.1, 0.15) is 0 Å². The first-order chi connectivity index (χ1) is 13.4. The Morgan fingerprint density at radius 1 is 1.14 bits per heavy atom. The zero-order valence-corrected chi connectivity index (χ0v) is 17.5. The molecular formula is C21H25ClN2O3S. The van der Waals surface area contributed by atoms with E-state index in [0.717, 1.165) is 11.1 Å². The van der Waals surface area contributed by atoms with E-state index in [2.05, 4.69) is 5.32 Å². The second-order valence-electron chi connectivity index (χ2n) is 7.19. The van der Waals surface area contributed by atoms with Crippen molar-refractivity contribution < 1.29 is 13.2 Å². The van der Waals surface area contributed by atoms with Crippen LogP contribution in [0, 0.1) is 12.8 Å². The van der Waals surface area contributed by atoms with Crippen molar-refractivity contribution in [1.82, 2.24) is 9.62 Å². The molecule has 1 aliphatic rings. The number of nitrogens with one attached hydrogen (secondary N) is 1. The first kappa shape index (κ1) is 20.8. The summed E-state index contributed by atoms with van der Waals surface area (Å²) < 4.78 is 27.1. The first-order valence-electron chi connectivity index (χ1n) is 9.40. The zero-order chi connectivity index (χ0) is 20.1. The number of nitrogens with zero attached hydrogens (tertiary/aromatic N) is 1. The van der Waals surface area contributed by atoms with E-state index in [4.69, 9.17) is 11.6 Å². The van der Waals surface area contributed by atoms with Gasteiger partial charge in [-0.3, -0.25) is 4.79 Å². The van der Waals surface area contributed by atoms with Gasteiger partial charge in [-0.25, -0.2) is 12.7 Å². The third kappa shape index (κ3) is 5.13. The van der Waals surface area contributed by atoms with Crippen molar-refractivity contribution in [3.05, 3.63) is 70.2 Å². The Kier molecular flexibility index (Phi) is 6.75. The topological polar surface area (TPSA) is 66.5 Å². The maximum Gasteiger partial charge on any atom is 0.224 e. The lowest BCUT2D eigenvalue weighted by Crippen LogP contribution is -2.45. The van der Waals surface area contributed by atoms with Gasteiger partial charge < -0.3 is 5.32 Å². The molecule has 0 spiro atoms. The van der Waals surface area contributed by atoms with E-state index < -0.39 is 10.0 Å². The molecule has 0 aliphatic carbocycles. The Hall–Kier alpha value is -1.89. The van der Waals surface area contributed by atoms with Crippen molar-refractivity contribution >= 4 is 27.5 Å². The van der Waals surface area contributed by atoms with Crippen LogP contribution in [0.5, 0.6) is 0 Å². The summed E-state index contributed by atoms with van der Waals surface area (Å²) in [6.45, 7) is 3.11. The van der Waals surface area contributed by atoms with E-state index in [1.165, 1.54) is 4.31 Å². The summed E-state index contributed by atoms with van der Waals surface area (Å²) in [5, 5.41) is 3.40. The third-order valence-corrected chi connectivity index (χ3v) is 7.32. The molecule has 1 amide bonds. The average Bonchev–Trinajstić information content (AvgIpc) is 2.69. The molecule has 0 bridgehead atoms. The molecule has 2 aromatic carbocycles. The molecule has 28 heavy (non-hydrogen) atoms. The lowest BCUT2D eigenvalue weighted by atomic mass is 9.98. The fourth-order valence-electron chi connectivity index (χ4n) is 3.45. The summed E-state index contributed by atoms with van der Waals surface area (Å²) >= 11 is 6.11. The minimum atomic E-state index is -3.53. The molecule has 1 N–H and O–H groups in total. The van der Waals surface area contributed by atoms with E-state index in [9.17, 15) is 13.2 Å². The van der Waals surface area contributed by atoms with Gasteiger partial charge in [0.2, 0.25) is 15.9 Å². The number of hydrogen-bond acceptors (Lipinski definition) is 3. The SMILES string of the molecule is Cc1ccccc1CNC(=O)[C@H]1CCCN(S(=O)(=O)Cc2ccccc2Cl)C1. The Morgan fingerprint density at radius 3 is 2.54 bits per heavy atom. The molecule has 150 valence electrons. The van der Waals surface area contributed by atoms with E-state index in [1.807, 2.05) is 31.2 Å². The van der Waals surface area contributed by atoms with Gasteiger partial charge in [0.05, 0.1) is 11.7 Å². The van der Waals surface area contributed by atoms with Gasteiger partial charge in [-0.2, -0.15) is 0 Å².